The molecule has 0 saturated carbocycles. The SMILES string of the molecule is C[C@@H]1C[C@H](C)CN(CCCNC(=O)Cc2ccc(Cl)cc2)C1. The van der Waals surface area contributed by atoms with Crippen LogP contribution in [0.25, 0.3) is 0 Å². The summed E-state index contributed by atoms with van der Waals surface area (Å²) in [5.74, 6) is 1.68. The van der Waals surface area contributed by atoms with Crippen LogP contribution < -0.4 is 5.32 Å². The number of rotatable bonds is 6. The summed E-state index contributed by atoms with van der Waals surface area (Å²) in [6.07, 6.45) is 2.79. The second-order valence-electron chi connectivity index (χ2n) is 6.71. The van der Waals surface area contributed by atoms with Crippen LogP contribution in [0.2, 0.25) is 5.02 Å². The molecule has 1 saturated heterocycles. The first kappa shape index (κ1) is 17.3. The first-order valence-electron chi connectivity index (χ1n) is 8.26. The van der Waals surface area contributed by atoms with Crippen LogP contribution in [-0.4, -0.2) is 37.0 Å². The molecule has 0 radical (unpaired) electrons. The zero-order valence-corrected chi connectivity index (χ0v) is 14.4. The molecule has 0 unspecified atom stereocenters. The molecule has 1 heterocycles. The molecule has 1 N–H and O–H groups in total. The van der Waals surface area contributed by atoms with E-state index in [0.717, 1.165) is 36.9 Å². The molecule has 1 aromatic carbocycles. The fourth-order valence-electron chi connectivity index (χ4n) is 3.36. The normalized spacial score (nSPS) is 22.5. The van der Waals surface area contributed by atoms with Gasteiger partial charge in [0, 0.05) is 24.7 Å². The van der Waals surface area contributed by atoms with Crippen molar-refractivity contribution in [1.82, 2.24) is 10.2 Å². The second-order valence-corrected chi connectivity index (χ2v) is 7.15. The third-order valence-corrected chi connectivity index (χ3v) is 4.45. The van der Waals surface area contributed by atoms with Crippen molar-refractivity contribution < 1.29 is 4.79 Å². The maximum absolute atomic E-state index is 11.9. The summed E-state index contributed by atoms with van der Waals surface area (Å²) in [5, 5.41) is 3.71. The van der Waals surface area contributed by atoms with E-state index in [4.69, 9.17) is 11.6 Å². The third kappa shape index (κ3) is 5.98. The Hall–Kier alpha value is -1.06. The Morgan fingerprint density at radius 2 is 1.86 bits per heavy atom. The molecule has 0 aromatic heterocycles. The Labute approximate surface area is 139 Å². The Morgan fingerprint density at radius 3 is 2.50 bits per heavy atom. The minimum atomic E-state index is 0.0858. The predicted molar refractivity (Wildman–Crippen MR) is 92.2 cm³/mol. The molecule has 1 aliphatic heterocycles. The molecular weight excluding hydrogens is 296 g/mol. The van der Waals surface area contributed by atoms with E-state index in [1.54, 1.807) is 0 Å². The lowest BCUT2D eigenvalue weighted by atomic mass is 9.92. The zero-order valence-electron chi connectivity index (χ0n) is 13.6. The average Bonchev–Trinajstić information content (AvgIpc) is 2.45. The fraction of sp³-hybridized carbons (Fsp3) is 0.611. The Balaban J connectivity index is 1.62. The van der Waals surface area contributed by atoms with Crippen molar-refractivity contribution in [2.24, 2.45) is 11.8 Å². The number of amides is 1. The van der Waals surface area contributed by atoms with Gasteiger partial charge in [-0.25, -0.2) is 0 Å². The molecule has 2 rings (SSSR count). The number of carbonyl (C=O) groups excluding carboxylic acids is 1. The Morgan fingerprint density at radius 1 is 1.23 bits per heavy atom. The smallest absolute Gasteiger partial charge is 0.224 e. The van der Waals surface area contributed by atoms with Crippen LogP contribution in [0.4, 0.5) is 0 Å². The number of carbonyl (C=O) groups is 1. The standard InChI is InChI=1S/C18H27ClN2O/c1-14-10-15(2)13-21(12-14)9-3-8-20-18(22)11-16-4-6-17(19)7-5-16/h4-7,14-15H,3,8-13H2,1-2H3,(H,20,22)/t14-,15+. The van der Waals surface area contributed by atoms with E-state index in [1.165, 1.54) is 19.5 Å². The molecule has 1 fully saturated rings. The summed E-state index contributed by atoms with van der Waals surface area (Å²) < 4.78 is 0. The number of piperidine rings is 1. The third-order valence-electron chi connectivity index (χ3n) is 4.20. The van der Waals surface area contributed by atoms with Gasteiger partial charge in [0.25, 0.3) is 0 Å². The Bertz CT molecular complexity index is 464. The second kappa shape index (κ2) is 8.54. The van der Waals surface area contributed by atoms with Gasteiger partial charge in [0.2, 0.25) is 5.91 Å². The summed E-state index contributed by atoms with van der Waals surface area (Å²) in [6.45, 7) is 8.89. The van der Waals surface area contributed by atoms with Gasteiger partial charge in [0.05, 0.1) is 6.42 Å². The molecule has 1 amide bonds. The number of hydrogen-bond donors (Lipinski definition) is 1. The maximum atomic E-state index is 11.9. The summed E-state index contributed by atoms with van der Waals surface area (Å²) in [7, 11) is 0. The van der Waals surface area contributed by atoms with Crippen molar-refractivity contribution in [3.8, 4) is 0 Å². The molecule has 0 aliphatic carbocycles. The van der Waals surface area contributed by atoms with Crippen LogP contribution in [0.5, 0.6) is 0 Å². The minimum absolute atomic E-state index is 0.0858. The molecule has 22 heavy (non-hydrogen) atoms. The van der Waals surface area contributed by atoms with Gasteiger partial charge in [-0.15, -0.1) is 0 Å². The van der Waals surface area contributed by atoms with Crippen molar-refractivity contribution in [3.63, 3.8) is 0 Å². The number of nitrogens with one attached hydrogen (secondary N) is 1. The van der Waals surface area contributed by atoms with Gasteiger partial charge < -0.3 is 10.2 Å². The first-order valence-corrected chi connectivity index (χ1v) is 8.64. The summed E-state index contributed by atoms with van der Waals surface area (Å²) in [5.41, 5.74) is 1.00. The largest absolute Gasteiger partial charge is 0.356 e. The minimum Gasteiger partial charge on any atom is -0.356 e. The van der Waals surface area contributed by atoms with Crippen LogP contribution in [0, 0.1) is 11.8 Å². The highest BCUT2D eigenvalue weighted by molar-refractivity contribution is 6.30. The lowest BCUT2D eigenvalue weighted by Gasteiger charge is -2.34. The van der Waals surface area contributed by atoms with E-state index < -0.39 is 0 Å². The van der Waals surface area contributed by atoms with Crippen LogP contribution in [-0.2, 0) is 11.2 Å². The molecular formula is C18H27ClN2O. The van der Waals surface area contributed by atoms with Gasteiger partial charge in [0.15, 0.2) is 0 Å². The molecule has 2 atom stereocenters. The van der Waals surface area contributed by atoms with Gasteiger partial charge in [0.1, 0.15) is 0 Å². The van der Waals surface area contributed by atoms with E-state index >= 15 is 0 Å². The summed E-state index contributed by atoms with van der Waals surface area (Å²) >= 11 is 5.84. The summed E-state index contributed by atoms with van der Waals surface area (Å²) in [4.78, 5) is 14.4. The van der Waals surface area contributed by atoms with Crippen molar-refractivity contribution in [1.29, 1.82) is 0 Å². The molecule has 1 aromatic rings. The molecule has 1 aliphatic rings. The van der Waals surface area contributed by atoms with Gasteiger partial charge in [-0.05, 0) is 48.9 Å². The van der Waals surface area contributed by atoms with Crippen LogP contribution in [0.1, 0.15) is 32.3 Å². The van der Waals surface area contributed by atoms with Crippen LogP contribution in [0.15, 0.2) is 24.3 Å². The number of nitrogens with zero attached hydrogens (tertiary/aromatic N) is 1. The molecule has 4 heteroatoms. The van der Waals surface area contributed by atoms with Crippen molar-refractivity contribution >= 4 is 17.5 Å². The topological polar surface area (TPSA) is 32.3 Å². The highest BCUT2D eigenvalue weighted by Crippen LogP contribution is 2.20. The van der Waals surface area contributed by atoms with E-state index in [2.05, 4.69) is 24.1 Å². The number of benzene rings is 1. The number of halogens is 1. The highest BCUT2D eigenvalue weighted by Gasteiger charge is 2.20. The quantitative estimate of drug-likeness (QED) is 0.814. The lowest BCUT2D eigenvalue weighted by molar-refractivity contribution is -0.120. The average molecular weight is 323 g/mol. The van der Waals surface area contributed by atoms with Crippen LogP contribution >= 0.6 is 11.6 Å². The van der Waals surface area contributed by atoms with Crippen molar-refractivity contribution in [2.75, 3.05) is 26.2 Å². The van der Waals surface area contributed by atoms with Gasteiger partial charge in [-0.2, -0.15) is 0 Å². The van der Waals surface area contributed by atoms with E-state index in [0.29, 0.717) is 11.4 Å². The monoisotopic (exact) mass is 322 g/mol. The molecule has 0 spiro atoms. The summed E-state index contributed by atoms with van der Waals surface area (Å²) in [6, 6.07) is 7.45. The van der Waals surface area contributed by atoms with Gasteiger partial charge in [-0.1, -0.05) is 37.6 Å². The maximum Gasteiger partial charge on any atom is 0.224 e. The first-order chi connectivity index (χ1) is 10.5. The number of likely N-dealkylation sites (tertiary alicyclic amines) is 1. The molecule has 0 bridgehead atoms. The lowest BCUT2D eigenvalue weighted by Crippen LogP contribution is -2.40. The fourth-order valence-corrected chi connectivity index (χ4v) is 3.48. The van der Waals surface area contributed by atoms with E-state index in [9.17, 15) is 4.79 Å². The predicted octanol–water partition coefficient (Wildman–Crippen LogP) is 3.37. The zero-order chi connectivity index (χ0) is 15.9. The van der Waals surface area contributed by atoms with Crippen molar-refractivity contribution in [3.05, 3.63) is 34.9 Å². The Kier molecular flexibility index (Phi) is 6.71. The molecule has 122 valence electrons. The molecule has 3 nitrogen and oxygen atoms in total. The number of hydrogen-bond acceptors (Lipinski definition) is 2. The van der Waals surface area contributed by atoms with Gasteiger partial charge in [-0.3, -0.25) is 4.79 Å². The highest BCUT2D eigenvalue weighted by atomic mass is 35.5. The van der Waals surface area contributed by atoms with Gasteiger partial charge >= 0.3 is 0 Å². The van der Waals surface area contributed by atoms with Crippen LogP contribution in [0.3, 0.4) is 0 Å². The van der Waals surface area contributed by atoms with E-state index in [1.807, 2.05) is 24.3 Å². The van der Waals surface area contributed by atoms with Crippen molar-refractivity contribution in [2.45, 2.75) is 33.1 Å². The van der Waals surface area contributed by atoms with E-state index in [-0.39, 0.29) is 5.91 Å².